The fraction of sp³-hybridized carbons (Fsp3) is 0.300. The van der Waals surface area contributed by atoms with Crippen LogP contribution in [0.3, 0.4) is 0 Å². The first-order valence-electron chi connectivity index (χ1n) is 5.41. The van der Waals surface area contributed by atoms with E-state index in [4.69, 9.17) is 5.11 Å². The van der Waals surface area contributed by atoms with Gasteiger partial charge in [0.1, 0.15) is 10.4 Å². The third-order valence-electron chi connectivity index (χ3n) is 2.61. The summed E-state index contributed by atoms with van der Waals surface area (Å²) in [5.74, 6) is -1.54. The predicted molar refractivity (Wildman–Crippen MR) is 65.3 cm³/mol. The second-order valence-corrected chi connectivity index (χ2v) is 6.03. The van der Waals surface area contributed by atoms with Crippen LogP contribution in [0, 0.1) is 0 Å². The number of fused-ring (bicyclic) bond motifs is 1. The minimum absolute atomic E-state index is 0.0231. The molecule has 3 N–H and O–H groups in total. The van der Waals surface area contributed by atoms with E-state index in [0.717, 1.165) is 6.92 Å². The van der Waals surface area contributed by atoms with Crippen molar-refractivity contribution in [3.05, 3.63) is 18.2 Å². The monoisotopic (exact) mass is 301 g/mol. The molecule has 2 rings (SSSR count). The fourth-order valence-electron chi connectivity index (χ4n) is 1.39. The van der Waals surface area contributed by atoms with Gasteiger partial charge in [0.2, 0.25) is 10.0 Å². The quantitative estimate of drug-likeness (QED) is 0.660. The maximum Gasteiger partial charge on any atom is 0.336 e. The van der Waals surface area contributed by atoms with Crippen molar-refractivity contribution in [2.24, 2.45) is 0 Å². The van der Waals surface area contributed by atoms with Gasteiger partial charge in [-0.2, -0.15) is 0 Å². The molecule has 20 heavy (non-hydrogen) atoms. The number of sulfonamides is 1. The van der Waals surface area contributed by atoms with Crippen LogP contribution in [-0.4, -0.2) is 47.1 Å². The Morgan fingerprint density at radius 3 is 2.80 bits per heavy atom. The SMILES string of the molecule is CC(O)(CNS(=O)(=O)c1cccc2nonc12)C(=O)O. The van der Waals surface area contributed by atoms with Crippen LogP contribution < -0.4 is 4.72 Å². The van der Waals surface area contributed by atoms with Crippen molar-refractivity contribution in [3.8, 4) is 0 Å². The van der Waals surface area contributed by atoms with Gasteiger partial charge >= 0.3 is 5.97 Å². The molecule has 10 heteroatoms. The van der Waals surface area contributed by atoms with Crippen molar-refractivity contribution in [1.82, 2.24) is 15.0 Å². The van der Waals surface area contributed by atoms with Gasteiger partial charge in [0.15, 0.2) is 11.1 Å². The van der Waals surface area contributed by atoms with Crippen LogP contribution in [0.2, 0.25) is 0 Å². The Bertz CT molecular complexity index is 751. The summed E-state index contributed by atoms with van der Waals surface area (Å²) < 4.78 is 30.6. The Morgan fingerprint density at radius 1 is 1.45 bits per heavy atom. The number of benzene rings is 1. The number of nitrogens with zero attached hydrogens (tertiary/aromatic N) is 2. The number of rotatable bonds is 5. The Kier molecular flexibility index (Phi) is 3.46. The lowest BCUT2D eigenvalue weighted by atomic mass is 10.1. The number of hydrogen-bond acceptors (Lipinski definition) is 7. The van der Waals surface area contributed by atoms with Gasteiger partial charge in [0, 0.05) is 0 Å². The highest BCUT2D eigenvalue weighted by molar-refractivity contribution is 7.89. The summed E-state index contributed by atoms with van der Waals surface area (Å²) in [7, 11) is -4.06. The van der Waals surface area contributed by atoms with Crippen LogP contribution in [0.1, 0.15) is 6.92 Å². The van der Waals surface area contributed by atoms with Gasteiger partial charge < -0.3 is 10.2 Å². The number of carbonyl (C=O) groups is 1. The van der Waals surface area contributed by atoms with Crippen LogP contribution in [-0.2, 0) is 14.8 Å². The largest absolute Gasteiger partial charge is 0.479 e. The molecule has 2 aromatic rings. The minimum atomic E-state index is -4.06. The van der Waals surface area contributed by atoms with Crippen molar-refractivity contribution >= 4 is 27.0 Å². The molecule has 0 radical (unpaired) electrons. The summed E-state index contributed by atoms with van der Waals surface area (Å²) in [5, 5.41) is 25.2. The summed E-state index contributed by atoms with van der Waals surface area (Å²) in [5.41, 5.74) is -1.95. The first kappa shape index (κ1) is 14.4. The van der Waals surface area contributed by atoms with Gasteiger partial charge in [0.25, 0.3) is 0 Å². The van der Waals surface area contributed by atoms with E-state index < -0.39 is 28.1 Å². The lowest BCUT2D eigenvalue weighted by Gasteiger charge is -2.18. The normalized spacial score (nSPS) is 15.1. The van der Waals surface area contributed by atoms with Gasteiger partial charge in [-0.25, -0.2) is 22.6 Å². The van der Waals surface area contributed by atoms with Gasteiger partial charge in [0.05, 0.1) is 6.54 Å². The van der Waals surface area contributed by atoms with E-state index in [2.05, 4.69) is 14.9 Å². The zero-order valence-electron chi connectivity index (χ0n) is 10.3. The molecule has 0 aliphatic carbocycles. The van der Waals surface area contributed by atoms with Crippen molar-refractivity contribution in [2.45, 2.75) is 17.4 Å². The highest BCUT2D eigenvalue weighted by atomic mass is 32.2. The van der Waals surface area contributed by atoms with E-state index in [9.17, 15) is 18.3 Å². The zero-order chi connectivity index (χ0) is 15.0. The molecule has 0 saturated heterocycles. The van der Waals surface area contributed by atoms with E-state index in [-0.39, 0.29) is 15.9 Å². The van der Waals surface area contributed by atoms with Crippen molar-refractivity contribution in [1.29, 1.82) is 0 Å². The molecule has 0 saturated carbocycles. The molecule has 1 aromatic carbocycles. The second-order valence-electron chi connectivity index (χ2n) is 4.29. The first-order valence-corrected chi connectivity index (χ1v) is 6.89. The van der Waals surface area contributed by atoms with Crippen LogP contribution in [0.15, 0.2) is 27.7 Å². The third-order valence-corrected chi connectivity index (χ3v) is 4.04. The highest BCUT2D eigenvalue weighted by Crippen LogP contribution is 2.19. The summed E-state index contributed by atoms with van der Waals surface area (Å²) in [6.07, 6.45) is 0. The number of carboxylic acids is 1. The predicted octanol–water partition coefficient (Wildman–Crippen LogP) is -0.663. The summed E-state index contributed by atoms with van der Waals surface area (Å²) >= 11 is 0. The lowest BCUT2D eigenvalue weighted by Crippen LogP contribution is -2.46. The lowest BCUT2D eigenvalue weighted by molar-refractivity contribution is -0.155. The third kappa shape index (κ3) is 2.61. The molecular weight excluding hydrogens is 290 g/mol. The minimum Gasteiger partial charge on any atom is -0.479 e. The molecule has 108 valence electrons. The maximum atomic E-state index is 12.1. The molecule has 0 fully saturated rings. The Balaban J connectivity index is 2.32. The molecule has 1 atom stereocenters. The number of hydrogen-bond donors (Lipinski definition) is 3. The molecule has 0 aliphatic rings. The molecule has 0 amide bonds. The van der Waals surface area contributed by atoms with Gasteiger partial charge in [-0.05, 0) is 29.4 Å². The average molecular weight is 301 g/mol. The number of aromatic nitrogens is 2. The average Bonchev–Trinajstić information content (AvgIpc) is 2.84. The molecule has 0 aliphatic heterocycles. The van der Waals surface area contributed by atoms with Crippen LogP contribution in [0.5, 0.6) is 0 Å². The Labute approximate surface area is 113 Å². The number of nitrogens with one attached hydrogen (secondary N) is 1. The van der Waals surface area contributed by atoms with Crippen LogP contribution in [0.25, 0.3) is 11.0 Å². The zero-order valence-corrected chi connectivity index (χ0v) is 11.1. The Morgan fingerprint density at radius 2 is 2.15 bits per heavy atom. The molecule has 1 aromatic heterocycles. The van der Waals surface area contributed by atoms with E-state index >= 15 is 0 Å². The first-order chi connectivity index (χ1) is 9.24. The second kappa shape index (κ2) is 4.81. The Hall–Kier alpha value is -2.04. The summed E-state index contributed by atoms with van der Waals surface area (Å²) in [6, 6.07) is 4.22. The van der Waals surface area contributed by atoms with E-state index in [1.54, 1.807) is 0 Å². The van der Waals surface area contributed by atoms with Crippen LogP contribution in [0.4, 0.5) is 0 Å². The van der Waals surface area contributed by atoms with Crippen LogP contribution >= 0.6 is 0 Å². The fourth-order valence-corrected chi connectivity index (χ4v) is 2.67. The van der Waals surface area contributed by atoms with Gasteiger partial charge in [-0.15, -0.1) is 0 Å². The summed E-state index contributed by atoms with van der Waals surface area (Å²) in [4.78, 5) is 10.5. The van der Waals surface area contributed by atoms with Gasteiger partial charge in [-0.1, -0.05) is 6.07 Å². The van der Waals surface area contributed by atoms with E-state index in [1.165, 1.54) is 18.2 Å². The molecular formula is C10H11N3O6S. The van der Waals surface area contributed by atoms with E-state index in [0.29, 0.717) is 0 Å². The maximum absolute atomic E-state index is 12.1. The topological polar surface area (TPSA) is 143 Å². The molecule has 9 nitrogen and oxygen atoms in total. The summed E-state index contributed by atoms with van der Waals surface area (Å²) in [6.45, 7) is 0.294. The number of aliphatic hydroxyl groups is 1. The number of aliphatic carboxylic acids is 1. The highest BCUT2D eigenvalue weighted by Gasteiger charge is 2.32. The molecule has 1 unspecified atom stereocenters. The van der Waals surface area contributed by atoms with Crippen molar-refractivity contribution in [3.63, 3.8) is 0 Å². The van der Waals surface area contributed by atoms with Crippen molar-refractivity contribution < 1.29 is 28.1 Å². The van der Waals surface area contributed by atoms with Gasteiger partial charge in [-0.3, -0.25) is 0 Å². The molecule has 0 bridgehead atoms. The standard InChI is InChI=1S/C10H11N3O6S/c1-10(16,9(14)15)5-11-20(17,18)7-4-2-3-6-8(7)13-19-12-6/h2-4,11,16H,5H2,1H3,(H,14,15). The smallest absolute Gasteiger partial charge is 0.336 e. The number of carboxylic acid groups (broad SMARTS) is 1. The van der Waals surface area contributed by atoms with E-state index in [1.807, 2.05) is 4.72 Å². The molecule has 0 spiro atoms. The molecule has 1 heterocycles. The van der Waals surface area contributed by atoms with Crippen molar-refractivity contribution in [2.75, 3.05) is 6.54 Å².